The summed E-state index contributed by atoms with van der Waals surface area (Å²) in [4.78, 5) is 10.2. The molecule has 3 N–H and O–H groups in total. The van der Waals surface area contributed by atoms with E-state index < -0.39 is 5.97 Å². The Morgan fingerprint density at radius 3 is 2.83 bits per heavy atom. The zero-order chi connectivity index (χ0) is 9.40. The first kappa shape index (κ1) is 11.4. The van der Waals surface area contributed by atoms with Crippen LogP contribution in [0.5, 0.6) is 0 Å². The van der Waals surface area contributed by atoms with Crippen molar-refractivity contribution in [2.45, 2.75) is 18.9 Å². The van der Waals surface area contributed by atoms with Crippen LogP contribution in [0.3, 0.4) is 0 Å². The molecule has 0 amide bonds. The number of carboxylic acid groups (broad SMARTS) is 1. The number of hydrogen-bond donors (Lipinski definition) is 2. The fraction of sp³-hybridized carbons (Fsp3) is 0.857. The van der Waals surface area contributed by atoms with Gasteiger partial charge in [-0.05, 0) is 6.42 Å². The van der Waals surface area contributed by atoms with Crippen molar-refractivity contribution in [3.63, 3.8) is 0 Å². The normalized spacial score (nSPS) is 12.8. The average molecular weight is 177 g/mol. The highest BCUT2D eigenvalue weighted by atomic mass is 16.7. The molecule has 12 heavy (non-hydrogen) atoms. The number of ether oxygens (including phenoxy) is 2. The van der Waals surface area contributed by atoms with Gasteiger partial charge >= 0.3 is 5.97 Å². The van der Waals surface area contributed by atoms with Gasteiger partial charge in [-0.3, -0.25) is 4.79 Å². The van der Waals surface area contributed by atoms with E-state index in [0.717, 1.165) is 0 Å². The van der Waals surface area contributed by atoms with Crippen LogP contribution < -0.4 is 5.73 Å². The van der Waals surface area contributed by atoms with E-state index in [4.69, 9.17) is 15.6 Å². The smallest absolute Gasteiger partial charge is 0.304 e. The minimum Gasteiger partial charge on any atom is -0.481 e. The van der Waals surface area contributed by atoms with Crippen molar-refractivity contribution < 1.29 is 19.4 Å². The predicted octanol–water partition coefficient (Wildman–Crippen LogP) is -0.201. The molecule has 1 atom stereocenters. The third-order valence-corrected chi connectivity index (χ3v) is 1.27. The molecule has 0 rings (SSSR count). The summed E-state index contributed by atoms with van der Waals surface area (Å²) < 4.78 is 9.57. The fourth-order valence-electron chi connectivity index (χ4n) is 0.703. The molecule has 0 radical (unpaired) electrons. The van der Waals surface area contributed by atoms with Gasteiger partial charge in [-0.25, -0.2) is 0 Å². The maximum absolute atomic E-state index is 10.2. The summed E-state index contributed by atoms with van der Waals surface area (Å²) in [5.74, 6) is -0.880. The van der Waals surface area contributed by atoms with Crippen molar-refractivity contribution in [3.05, 3.63) is 0 Å². The highest BCUT2D eigenvalue weighted by molar-refractivity contribution is 5.67. The van der Waals surface area contributed by atoms with Crippen LogP contribution in [0.25, 0.3) is 0 Å². The molecular formula is C7H15NO4. The molecule has 5 nitrogen and oxygen atoms in total. The summed E-state index contributed by atoms with van der Waals surface area (Å²) in [6.07, 6.45) is 0.520. The molecule has 1 unspecified atom stereocenters. The summed E-state index contributed by atoms with van der Waals surface area (Å²) >= 11 is 0. The van der Waals surface area contributed by atoms with Crippen LogP contribution in [-0.2, 0) is 14.3 Å². The van der Waals surface area contributed by atoms with Gasteiger partial charge in [0.15, 0.2) is 0 Å². The molecule has 0 spiro atoms. The minimum absolute atomic E-state index is 0.0175. The largest absolute Gasteiger partial charge is 0.481 e. The summed E-state index contributed by atoms with van der Waals surface area (Å²) in [5.41, 5.74) is 5.46. The molecular weight excluding hydrogens is 162 g/mol. The molecule has 5 heteroatoms. The lowest BCUT2D eigenvalue weighted by atomic mass is 10.2. The second kappa shape index (κ2) is 7.02. The van der Waals surface area contributed by atoms with E-state index >= 15 is 0 Å². The molecule has 0 fully saturated rings. The quantitative estimate of drug-likeness (QED) is 0.415. The van der Waals surface area contributed by atoms with E-state index in [2.05, 4.69) is 4.74 Å². The van der Waals surface area contributed by atoms with Crippen molar-refractivity contribution in [1.29, 1.82) is 0 Å². The number of nitrogens with two attached hydrogens (primary N) is 1. The summed E-state index contributed by atoms with van der Waals surface area (Å²) in [6.45, 7) is 0.655. The molecule has 0 bridgehead atoms. The number of rotatable bonds is 7. The number of carboxylic acids is 1. The Hall–Kier alpha value is -0.650. The fourth-order valence-corrected chi connectivity index (χ4v) is 0.703. The number of carbonyl (C=O) groups is 1. The molecule has 0 aliphatic carbocycles. The Bertz CT molecular complexity index is 129. The lowest BCUT2D eigenvalue weighted by molar-refractivity contribution is -0.137. The van der Waals surface area contributed by atoms with Gasteiger partial charge < -0.3 is 20.3 Å². The lowest BCUT2D eigenvalue weighted by Crippen LogP contribution is -2.25. The van der Waals surface area contributed by atoms with Crippen molar-refractivity contribution in [1.82, 2.24) is 0 Å². The maximum atomic E-state index is 10.2. The van der Waals surface area contributed by atoms with Gasteiger partial charge in [0.25, 0.3) is 0 Å². The van der Waals surface area contributed by atoms with E-state index in [-0.39, 0.29) is 19.3 Å². The zero-order valence-corrected chi connectivity index (χ0v) is 7.16. The van der Waals surface area contributed by atoms with Crippen molar-refractivity contribution in [2.24, 2.45) is 5.73 Å². The van der Waals surface area contributed by atoms with Crippen LogP contribution >= 0.6 is 0 Å². The Balaban J connectivity index is 3.19. The number of methoxy groups -OCH3 is 1. The first-order valence-electron chi connectivity index (χ1n) is 3.71. The second-order valence-corrected chi connectivity index (χ2v) is 2.46. The number of hydrogen-bond acceptors (Lipinski definition) is 4. The van der Waals surface area contributed by atoms with Crippen molar-refractivity contribution >= 4 is 5.97 Å². The summed E-state index contributed by atoms with van der Waals surface area (Å²) in [5, 5.41) is 8.34. The topological polar surface area (TPSA) is 81.8 Å². The Kier molecular flexibility index (Phi) is 6.64. The summed E-state index contributed by atoms with van der Waals surface area (Å²) in [6, 6.07) is -0.334. The molecule has 0 saturated heterocycles. The van der Waals surface area contributed by atoms with E-state index in [1.165, 1.54) is 7.11 Å². The van der Waals surface area contributed by atoms with Crippen molar-refractivity contribution in [3.8, 4) is 0 Å². The Labute approximate surface area is 71.5 Å². The molecule has 0 aromatic rings. The zero-order valence-electron chi connectivity index (χ0n) is 7.16. The molecule has 0 heterocycles. The minimum atomic E-state index is -0.880. The van der Waals surface area contributed by atoms with Crippen molar-refractivity contribution in [2.75, 3.05) is 20.5 Å². The van der Waals surface area contributed by atoms with E-state index in [0.29, 0.717) is 13.0 Å². The molecule has 0 saturated carbocycles. The van der Waals surface area contributed by atoms with Gasteiger partial charge in [0, 0.05) is 13.2 Å². The van der Waals surface area contributed by atoms with Gasteiger partial charge in [0.2, 0.25) is 0 Å². The second-order valence-electron chi connectivity index (χ2n) is 2.46. The Morgan fingerprint density at radius 2 is 2.33 bits per heavy atom. The molecule has 72 valence electrons. The maximum Gasteiger partial charge on any atom is 0.304 e. The van der Waals surface area contributed by atoms with Gasteiger partial charge in [0.1, 0.15) is 6.79 Å². The summed E-state index contributed by atoms with van der Waals surface area (Å²) in [7, 11) is 1.52. The van der Waals surface area contributed by atoms with Crippen LogP contribution in [0, 0.1) is 0 Å². The highest BCUT2D eigenvalue weighted by Gasteiger charge is 2.06. The van der Waals surface area contributed by atoms with E-state index in [1.807, 2.05) is 0 Å². The molecule has 0 aromatic carbocycles. The SMILES string of the molecule is COCOCCC(N)CC(=O)O. The highest BCUT2D eigenvalue weighted by Crippen LogP contribution is 1.94. The standard InChI is InChI=1S/C7H15NO4/c1-11-5-12-3-2-6(8)4-7(9)10/h6H,2-5,8H2,1H3,(H,9,10). The van der Waals surface area contributed by atoms with Gasteiger partial charge in [-0.15, -0.1) is 0 Å². The van der Waals surface area contributed by atoms with Crippen LogP contribution in [0.4, 0.5) is 0 Å². The van der Waals surface area contributed by atoms with E-state index in [1.54, 1.807) is 0 Å². The van der Waals surface area contributed by atoms with Crippen LogP contribution in [-0.4, -0.2) is 37.6 Å². The van der Waals surface area contributed by atoms with Gasteiger partial charge in [-0.1, -0.05) is 0 Å². The van der Waals surface area contributed by atoms with Crippen LogP contribution in [0.15, 0.2) is 0 Å². The third-order valence-electron chi connectivity index (χ3n) is 1.27. The van der Waals surface area contributed by atoms with Crippen LogP contribution in [0.2, 0.25) is 0 Å². The number of aliphatic carboxylic acids is 1. The predicted molar refractivity (Wildman–Crippen MR) is 42.7 cm³/mol. The molecule has 0 aliphatic heterocycles. The lowest BCUT2D eigenvalue weighted by Gasteiger charge is -2.08. The van der Waals surface area contributed by atoms with Gasteiger partial charge in [-0.2, -0.15) is 0 Å². The molecule has 0 aromatic heterocycles. The van der Waals surface area contributed by atoms with E-state index in [9.17, 15) is 4.79 Å². The first-order valence-corrected chi connectivity index (χ1v) is 3.71. The third kappa shape index (κ3) is 7.46. The van der Waals surface area contributed by atoms with Gasteiger partial charge in [0.05, 0.1) is 13.0 Å². The Morgan fingerprint density at radius 1 is 1.67 bits per heavy atom. The van der Waals surface area contributed by atoms with Crippen LogP contribution in [0.1, 0.15) is 12.8 Å². The first-order chi connectivity index (χ1) is 5.66. The average Bonchev–Trinajstić information content (AvgIpc) is 1.97. The monoisotopic (exact) mass is 177 g/mol. The molecule has 0 aliphatic rings.